The summed E-state index contributed by atoms with van der Waals surface area (Å²) in [6.07, 6.45) is -3.97. The molecule has 2 unspecified atom stereocenters. The van der Waals surface area contributed by atoms with Crippen molar-refractivity contribution in [3.63, 3.8) is 0 Å². The standard InChI is InChI=1S/C24H26F5N9O/c1-12-31-18-4-3-17(32-22(18)37(12)11-24(27,28)29)19-15(26)8-38-20(19)21(30-2)34-23(35-38)33-16-5-6-36(7-14(16)25)13-9-39-10-13/h3-4,8,13-14,16H,5-7,9-11H2,1-2H3,(H2,30,33,34,35). The summed E-state index contributed by atoms with van der Waals surface area (Å²) in [6.45, 7) is 2.39. The molecule has 0 aliphatic carbocycles. The van der Waals surface area contributed by atoms with E-state index in [-0.39, 0.29) is 58.1 Å². The van der Waals surface area contributed by atoms with Gasteiger partial charge in [0, 0.05) is 20.1 Å². The number of nitrogens with zero attached hydrogens (tertiary/aromatic N) is 7. The molecule has 2 fully saturated rings. The highest BCUT2D eigenvalue weighted by molar-refractivity contribution is 5.89. The molecule has 15 heteroatoms. The SMILES string of the molecule is CNc1nc(NC2CCN(C3COC3)CC2F)nn2cc(F)c(-c3ccc4nc(C)n(CC(F)(F)F)c4n3)c12. The van der Waals surface area contributed by atoms with E-state index in [0.29, 0.717) is 26.2 Å². The molecule has 4 aromatic heterocycles. The third-order valence-electron chi connectivity index (χ3n) is 7.22. The van der Waals surface area contributed by atoms with Crippen molar-refractivity contribution in [3.8, 4) is 11.3 Å². The Hall–Kier alpha value is -3.59. The zero-order valence-electron chi connectivity index (χ0n) is 21.1. The van der Waals surface area contributed by atoms with Gasteiger partial charge in [-0.05, 0) is 25.5 Å². The molecule has 0 amide bonds. The molecule has 208 valence electrons. The van der Waals surface area contributed by atoms with E-state index in [1.807, 2.05) is 0 Å². The number of fused-ring (bicyclic) bond motifs is 2. The Balaban J connectivity index is 1.33. The lowest BCUT2D eigenvalue weighted by molar-refractivity contribution is -0.140. The molecule has 0 saturated carbocycles. The van der Waals surface area contributed by atoms with Crippen LogP contribution in [-0.4, -0.2) is 91.8 Å². The molecule has 6 rings (SSSR count). The van der Waals surface area contributed by atoms with Crippen LogP contribution < -0.4 is 10.6 Å². The number of hydrogen-bond acceptors (Lipinski definition) is 8. The van der Waals surface area contributed by atoms with Gasteiger partial charge in [0.05, 0.1) is 42.8 Å². The molecule has 0 aromatic carbocycles. The Morgan fingerprint density at radius 3 is 2.62 bits per heavy atom. The van der Waals surface area contributed by atoms with Crippen molar-refractivity contribution in [2.45, 2.75) is 44.3 Å². The highest BCUT2D eigenvalue weighted by atomic mass is 19.4. The summed E-state index contributed by atoms with van der Waals surface area (Å²) in [5.74, 6) is -0.193. The molecule has 0 radical (unpaired) electrons. The minimum Gasteiger partial charge on any atom is -0.378 e. The fourth-order valence-electron chi connectivity index (χ4n) is 5.18. The number of pyridine rings is 1. The fourth-order valence-corrected chi connectivity index (χ4v) is 5.18. The quantitative estimate of drug-likeness (QED) is 0.352. The van der Waals surface area contributed by atoms with Crippen molar-refractivity contribution in [1.82, 2.24) is 34.0 Å². The van der Waals surface area contributed by atoms with Gasteiger partial charge in [0.1, 0.15) is 29.6 Å². The predicted molar refractivity (Wildman–Crippen MR) is 133 cm³/mol. The lowest BCUT2D eigenvalue weighted by Crippen LogP contribution is -2.57. The Bertz CT molecular complexity index is 1530. The van der Waals surface area contributed by atoms with Crippen LogP contribution >= 0.6 is 0 Å². The van der Waals surface area contributed by atoms with Gasteiger partial charge in [-0.3, -0.25) is 4.90 Å². The maximum atomic E-state index is 15.3. The molecular formula is C24H26F5N9O. The Morgan fingerprint density at radius 1 is 1.15 bits per heavy atom. The Kier molecular flexibility index (Phi) is 6.29. The minimum atomic E-state index is -4.48. The summed E-state index contributed by atoms with van der Waals surface area (Å²) in [4.78, 5) is 15.0. The van der Waals surface area contributed by atoms with Crippen molar-refractivity contribution in [1.29, 1.82) is 0 Å². The van der Waals surface area contributed by atoms with Crippen LogP contribution in [0.1, 0.15) is 12.2 Å². The summed E-state index contributed by atoms with van der Waals surface area (Å²) >= 11 is 0. The third-order valence-corrected chi connectivity index (χ3v) is 7.22. The topological polar surface area (TPSA) is 97.4 Å². The third kappa shape index (κ3) is 4.73. The number of alkyl halides is 4. The predicted octanol–water partition coefficient (Wildman–Crippen LogP) is 3.42. The van der Waals surface area contributed by atoms with Crippen LogP contribution in [0.5, 0.6) is 0 Å². The Morgan fingerprint density at radius 2 is 1.95 bits per heavy atom. The van der Waals surface area contributed by atoms with Crippen LogP contribution in [-0.2, 0) is 11.3 Å². The second-order valence-corrected chi connectivity index (χ2v) is 9.82. The number of piperidine rings is 1. The van der Waals surface area contributed by atoms with E-state index in [1.165, 1.54) is 23.6 Å². The van der Waals surface area contributed by atoms with Crippen LogP contribution in [0, 0.1) is 12.7 Å². The zero-order chi connectivity index (χ0) is 27.5. The smallest absolute Gasteiger partial charge is 0.378 e. The van der Waals surface area contributed by atoms with Gasteiger partial charge in [-0.15, -0.1) is 5.10 Å². The van der Waals surface area contributed by atoms with Gasteiger partial charge in [-0.2, -0.15) is 18.2 Å². The van der Waals surface area contributed by atoms with Crippen molar-refractivity contribution in [3.05, 3.63) is 30.0 Å². The van der Waals surface area contributed by atoms with E-state index >= 15 is 4.39 Å². The highest BCUT2D eigenvalue weighted by Gasteiger charge is 2.36. The van der Waals surface area contributed by atoms with Gasteiger partial charge in [0.25, 0.3) is 0 Å². The van der Waals surface area contributed by atoms with Gasteiger partial charge in [0.2, 0.25) is 5.95 Å². The number of anilines is 2. The van der Waals surface area contributed by atoms with Gasteiger partial charge < -0.3 is 19.9 Å². The Labute approximate surface area is 219 Å². The minimum absolute atomic E-state index is 0.0138. The fraction of sp³-hybridized carbons (Fsp3) is 0.500. The summed E-state index contributed by atoms with van der Waals surface area (Å²) in [5.41, 5.74) is 0.604. The first-order valence-electron chi connectivity index (χ1n) is 12.5. The van der Waals surface area contributed by atoms with Crippen LogP contribution in [0.3, 0.4) is 0 Å². The van der Waals surface area contributed by atoms with E-state index in [1.54, 1.807) is 7.05 Å². The van der Waals surface area contributed by atoms with Gasteiger partial charge in [-0.1, -0.05) is 0 Å². The van der Waals surface area contributed by atoms with Crippen molar-refractivity contribution in [2.75, 3.05) is 44.0 Å². The summed E-state index contributed by atoms with van der Waals surface area (Å²) < 4.78 is 77.3. The zero-order valence-corrected chi connectivity index (χ0v) is 21.1. The summed E-state index contributed by atoms with van der Waals surface area (Å²) in [7, 11) is 1.59. The van der Waals surface area contributed by atoms with Gasteiger partial charge in [0.15, 0.2) is 17.3 Å². The van der Waals surface area contributed by atoms with Crippen molar-refractivity contribution in [2.24, 2.45) is 0 Å². The molecule has 2 aliphatic rings. The van der Waals surface area contributed by atoms with E-state index < -0.39 is 30.8 Å². The first-order valence-corrected chi connectivity index (χ1v) is 12.5. The molecule has 10 nitrogen and oxygen atoms in total. The summed E-state index contributed by atoms with van der Waals surface area (Å²) in [5, 5.41) is 10.3. The molecule has 6 heterocycles. The first-order chi connectivity index (χ1) is 18.6. The van der Waals surface area contributed by atoms with Crippen LogP contribution in [0.4, 0.5) is 33.7 Å². The van der Waals surface area contributed by atoms with Gasteiger partial charge in [-0.25, -0.2) is 23.3 Å². The van der Waals surface area contributed by atoms with Gasteiger partial charge >= 0.3 is 6.18 Å². The number of aryl methyl sites for hydroxylation is 1. The van der Waals surface area contributed by atoms with E-state index in [9.17, 15) is 17.6 Å². The number of likely N-dealkylation sites (tertiary alicyclic amines) is 1. The molecule has 2 N–H and O–H groups in total. The molecule has 2 aliphatic heterocycles. The maximum absolute atomic E-state index is 15.3. The van der Waals surface area contributed by atoms with Crippen molar-refractivity contribution < 1.29 is 26.7 Å². The average molecular weight is 552 g/mol. The number of hydrogen-bond donors (Lipinski definition) is 2. The average Bonchev–Trinajstić information content (AvgIpc) is 3.33. The molecule has 0 bridgehead atoms. The normalized spacial score (nSPS) is 21.0. The van der Waals surface area contributed by atoms with Crippen LogP contribution in [0.15, 0.2) is 18.3 Å². The molecule has 2 atom stereocenters. The molecule has 0 spiro atoms. The van der Waals surface area contributed by atoms with Crippen molar-refractivity contribution >= 4 is 28.4 Å². The number of rotatable bonds is 6. The van der Waals surface area contributed by atoms with Crippen LogP contribution in [0.25, 0.3) is 27.9 Å². The molecule has 39 heavy (non-hydrogen) atoms. The molecule has 4 aromatic rings. The number of imidazole rings is 1. The van der Waals surface area contributed by atoms with Crippen LogP contribution in [0.2, 0.25) is 0 Å². The van der Waals surface area contributed by atoms with E-state index in [4.69, 9.17) is 4.74 Å². The number of halogens is 5. The number of aromatic nitrogens is 6. The highest BCUT2D eigenvalue weighted by Crippen LogP contribution is 2.34. The number of nitrogens with one attached hydrogen (secondary N) is 2. The summed E-state index contributed by atoms with van der Waals surface area (Å²) in [6, 6.07) is 2.72. The second-order valence-electron chi connectivity index (χ2n) is 9.82. The largest absolute Gasteiger partial charge is 0.406 e. The first kappa shape index (κ1) is 25.7. The maximum Gasteiger partial charge on any atom is 0.406 e. The molecule has 2 saturated heterocycles. The monoisotopic (exact) mass is 551 g/mol. The van der Waals surface area contributed by atoms with E-state index in [0.717, 1.165) is 10.8 Å². The van der Waals surface area contributed by atoms with E-state index in [2.05, 4.69) is 35.6 Å². The lowest BCUT2D eigenvalue weighted by atomic mass is 10.0. The lowest BCUT2D eigenvalue weighted by Gasteiger charge is -2.42. The second kappa shape index (κ2) is 9.55. The molecular weight excluding hydrogens is 525 g/mol. The number of ether oxygens (including phenoxy) is 1.